The Balaban J connectivity index is 1.89. The van der Waals surface area contributed by atoms with Gasteiger partial charge in [0, 0.05) is 43.4 Å². The topological polar surface area (TPSA) is 68.7 Å². The fourth-order valence-corrected chi connectivity index (χ4v) is 2.33. The lowest BCUT2D eigenvalue weighted by Gasteiger charge is -2.40. The van der Waals surface area contributed by atoms with Gasteiger partial charge >= 0.3 is 6.09 Å². The summed E-state index contributed by atoms with van der Waals surface area (Å²) in [4.78, 5) is 28.1. The molecule has 0 N–H and O–H groups in total. The summed E-state index contributed by atoms with van der Waals surface area (Å²) in [5, 5.41) is 0. The summed E-state index contributed by atoms with van der Waals surface area (Å²) in [6.07, 6.45) is 5.26. The second-order valence-corrected chi connectivity index (χ2v) is 6.65. The van der Waals surface area contributed by atoms with E-state index in [1.807, 2.05) is 26.8 Å². The number of amides is 1. The molecule has 6 nitrogen and oxygen atoms in total. The molecule has 1 saturated heterocycles. The average molecular weight is 320 g/mol. The highest BCUT2D eigenvalue weighted by Crippen LogP contribution is 2.33. The minimum atomic E-state index is -0.483. The second-order valence-electron chi connectivity index (χ2n) is 6.65. The van der Waals surface area contributed by atoms with Crippen molar-refractivity contribution in [3.63, 3.8) is 0 Å². The third-order valence-corrected chi connectivity index (χ3v) is 3.51. The van der Waals surface area contributed by atoms with Gasteiger partial charge in [-0.3, -0.25) is 4.98 Å². The zero-order valence-electron chi connectivity index (χ0n) is 13.9. The van der Waals surface area contributed by atoms with Gasteiger partial charge in [-0.25, -0.2) is 4.79 Å². The highest BCUT2D eigenvalue weighted by atomic mass is 16.6. The van der Waals surface area contributed by atoms with E-state index in [1.165, 1.54) is 0 Å². The minimum absolute atomic E-state index is 0.206. The van der Waals surface area contributed by atoms with E-state index in [2.05, 4.69) is 4.98 Å². The van der Waals surface area contributed by atoms with E-state index in [9.17, 15) is 9.59 Å². The van der Waals surface area contributed by atoms with Gasteiger partial charge in [-0.1, -0.05) is 0 Å². The molecule has 1 amide bonds. The summed E-state index contributed by atoms with van der Waals surface area (Å²) in [7, 11) is 0. The molecule has 0 aliphatic carbocycles. The number of carbonyl (C=O) groups is 2. The van der Waals surface area contributed by atoms with Gasteiger partial charge in [-0.15, -0.1) is 0 Å². The summed E-state index contributed by atoms with van der Waals surface area (Å²) in [6.45, 7) is 7.27. The van der Waals surface area contributed by atoms with Crippen LogP contribution in [0.4, 0.5) is 4.79 Å². The lowest BCUT2D eigenvalue weighted by Crippen LogP contribution is -2.50. The van der Waals surface area contributed by atoms with Gasteiger partial charge in [-0.2, -0.15) is 0 Å². The minimum Gasteiger partial charge on any atom is -0.493 e. The summed E-state index contributed by atoms with van der Waals surface area (Å²) in [5.74, 6) is 0.983. The Morgan fingerprint density at radius 3 is 2.83 bits per heavy atom. The van der Waals surface area contributed by atoms with Crippen molar-refractivity contribution in [1.29, 1.82) is 0 Å². The highest BCUT2D eigenvalue weighted by Gasteiger charge is 2.36. The molecule has 0 saturated carbocycles. The molecule has 0 spiro atoms. The molecule has 23 heavy (non-hydrogen) atoms. The first-order chi connectivity index (χ1) is 10.9. The zero-order valence-corrected chi connectivity index (χ0v) is 13.9. The number of hydrogen-bond donors (Lipinski definition) is 0. The average Bonchev–Trinajstić information content (AvgIpc) is 2.41. The number of nitrogens with zero attached hydrogens (tertiary/aromatic N) is 2. The van der Waals surface area contributed by atoms with Crippen molar-refractivity contribution in [2.45, 2.75) is 45.1 Å². The normalized spacial score (nSPS) is 15.0. The van der Waals surface area contributed by atoms with Crippen LogP contribution in [0.3, 0.4) is 0 Å². The van der Waals surface area contributed by atoms with Crippen LogP contribution in [-0.2, 0) is 9.53 Å². The van der Waals surface area contributed by atoms with Crippen molar-refractivity contribution in [3.8, 4) is 5.75 Å². The molecule has 2 rings (SSSR count). The van der Waals surface area contributed by atoms with E-state index in [0.29, 0.717) is 32.5 Å². The van der Waals surface area contributed by atoms with Crippen LogP contribution in [0.2, 0.25) is 0 Å². The largest absolute Gasteiger partial charge is 0.493 e. The van der Waals surface area contributed by atoms with Gasteiger partial charge in [0.1, 0.15) is 17.6 Å². The van der Waals surface area contributed by atoms with Crippen molar-refractivity contribution in [2.24, 2.45) is 0 Å². The van der Waals surface area contributed by atoms with Crippen LogP contribution in [0.1, 0.15) is 45.1 Å². The Morgan fingerprint density at radius 2 is 2.17 bits per heavy atom. The summed E-state index contributed by atoms with van der Waals surface area (Å²) >= 11 is 0. The molecule has 0 unspecified atom stereocenters. The Kier molecular flexibility index (Phi) is 5.58. The first-order valence-electron chi connectivity index (χ1n) is 7.89. The van der Waals surface area contributed by atoms with E-state index < -0.39 is 5.60 Å². The van der Waals surface area contributed by atoms with Gasteiger partial charge in [0.15, 0.2) is 0 Å². The van der Waals surface area contributed by atoms with Crippen molar-refractivity contribution in [2.75, 3.05) is 19.7 Å². The first-order valence-corrected chi connectivity index (χ1v) is 7.89. The van der Waals surface area contributed by atoms with Gasteiger partial charge in [0.25, 0.3) is 0 Å². The maximum Gasteiger partial charge on any atom is 0.410 e. The first kappa shape index (κ1) is 17.2. The van der Waals surface area contributed by atoms with Gasteiger partial charge in [-0.05, 0) is 33.3 Å². The molecular formula is C17H24N2O4. The smallest absolute Gasteiger partial charge is 0.410 e. The molecule has 1 aliphatic rings. The lowest BCUT2D eigenvalue weighted by atomic mass is 9.92. The van der Waals surface area contributed by atoms with Crippen LogP contribution in [0, 0.1) is 0 Å². The Hall–Kier alpha value is -2.11. The van der Waals surface area contributed by atoms with Gasteiger partial charge in [0.2, 0.25) is 0 Å². The third kappa shape index (κ3) is 4.94. The summed E-state index contributed by atoms with van der Waals surface area (Å²) in [5.41, 5.74) is 0.516. The van der Waals surface area contributed by atoms with Gasteiger partial charge < -0.3 is 19.2 Å². The number of pyridine rings is 1. The molecular weight excluding hydrogens is 296 g/mol. The molecule has 1 fully saturated rings. The van der Waals surface area contributed by atoms with Crippen LogP contribution >= 0.6 is 0 Å². The monoisotopic (exact) mass is 320 g/mol. The molecule has 1 aliphatic heterocycles. The number of unbranched alkanes of at least 4 members (excludes halogenated alkanes) is 1. The maximum atomic E-state index is 12.0. The lowest BCUT2D eigenvalue weighted by molar-refractivity contribution is -0.108. The highest BCUT2D eigenvalue weighted by molar-refractivity contribution is 5.69. The number of aromatic nitrogens is 1. The molecule has 0 atom stereocenters. The van der Waals surface area contributed by atoms with Crippen molar-refractivity contribution in [3.05, 3.63) is 24.0 Å². The Morgan fingerprint density at radius 1 is 1.43 bits per heavy atom. The van der Waals surface area contributed by atoms with Crippen molar-refractivity contribution < 1.29 is 19.1 Å². The van der Waals surface area contributed by atoms with Crippen LogP contribution in [0.25, 0.3) is 0 Å². The number of aldehydes is 1. The molecule has 1 aromatic heterocycles. The molecule has 1 aromatic rings. The zero-order chi connectivity index (χ0) is 16.9. The van der Waals surface area contributed by atoms with Crippen molar-refractivity contribution in [1.82, 2.24) is 9.88 Å². The van der Waals surface area contributed by atoms with E-state index in [1.54, 1.807) is 17.3 Å². The van der Waals surface area contributed by atoms with Crippen LogP contribution < -0.4 is 4.74 Å². The van der Waals surface area contributed by atoms with E-state index in [4.69, 9.17) is 9.47 Å². The number of hydrogen-bond acceptors (Lipinski definition) is 5. The van der Waals surface area contributed by atoms with Crippen LogP contribution in [0.5, 0.6) is 5.75 Å². The number of likely N-dealkylation sites (tertiary alicyclic amines) is 1. The SMILES string of the molecule is CC(C)(C)OC(=O)N1CC(c2cnccc2OCCCC=O)C1. The van der Waals surface area contributed by atoms with E-state index >= 15 is 0 Å². The fraction of sp³-hybridized carbons (Fsp3) is 0.588. The standard InChI is InChI=1S/C17H24N2O4/c1-17(2,3)23-16(21)19-11-13(12-19)14-10-18-7-6-15(14)22-9-5-4-8-20/h6-8,10,13H,4-5,9,11-12H2,1-3H3. The fourth-order valence-electron chi connectivity index (χ4n) is 2.33. The molecule has 6 heteroatoms. The number of rotatable bonds is 6. The maximum absolute atomic E-state index is 12.0. The number of ether oxygens (including phenoxy) is 2. The van der Waals surface area contributed by atoms with E-state index in [0.717, 1.165) is 17.6 Å². The molecule has 2 heterocycles. The Labute approximate surface area is 136 Å². The van der Waals surface area contributed by atoms with Crippen LogP contribution in [-0.4, -0.2) is 47.6 Å². The van der Waals surface area contributed by atoms with E-state index in [-0.39, 0.29) is 12.0 Å². The van der Waals surface area contributed by atoms with Gasteiger partial charge in [0.05, 0.1) is 6.61 Å². The predicted octanol–water partition coefficient (Wildman–Crippen LogP) is 2.77. The quantitative estimate of drug-likeness (QED) is 0.595. The third-order valence-electron chi connectivity index (χ3n) is 3.51. The van der Waals surface area contributed by atoms with Crippen molar-refractivity contribution >= 4 is 12.4 Å². The predicted molar refractivity (Wildman–Crippen MR) is 85.6 cm³/mol. The Bertz CT molecular complexity index is 548. The summed E-state index contributed by atoms with van der Waals surface area (Å²) in [6, 6.07) is 1.83. The molecule has 0 radical (unpaired) electrons. The second kappa shape index (κ2) is 7.44. The molecule has 0 bridgehead atoms. The summed E-state index contributed by atoms with van der Waals surface area (Å²) < 4.78 is 11.1. The number of carbonyl (C=O) groups excluding carboxylic acids is 2. The molecule has 0 aromatic carbocycles. The molecule has 126 valence electrons. The van der Waals surface area contributed by atoms with Crippen LogP contribution in [0.15, 0.2) is 18.5 Å².